The van der Waals surface area contributed by atoms with E-state index >= 15 is 0 Å². The van der Waals surface area contributed by atoms with Gasteiger partial charge in [0.1, 0.15) is 0 Å². The van der Waals surface area contributed by atoms with Crippen molar-refractivity contribution in [2.45, 2.75) is 19.3 Å². The van der Waals surface area contributed by atoms with Crippen molar-refractivity contribution in [3.8, 4) is 0 Å². The maximum atomic E-state index is 11.8. The molecule has 1 aliphatic rings. The molecule has 1 aromatic rings. The second-order valence-electron chi connectivity index (χ2n) is 4.20. The highest BCUT2D eigenvalue weighted by atomic mass is 79.9. The average Bonchev–Trinajstić information content (AvgIpc) is 2.38. The second-order valence-corrected chi connectivity index (χ2v) is 5.12. The Kier molecular flexibility index (Phi) is 4.05. The van der Waals surface area contributed by atoms with Crippen LogP contribution in [0.1, 0.15) is 29.6 Å². The number of nitrogens with zero attached hydrogens (tertiary/aromatic N) is 1. The summed E-state index contributed by atoms with van der Waals surface area (Å²) in [5.41, 5.74) is 1.63. The van der Waals surface area contributed by atoms with E-state index in [1.165, 1.54) is 26.4 Å². The van der Waals surface area contributed by atoms with Gasteiger partial charge in [0.15, 0.2) is 0 Å². The van der Waals surface area contributed by atoms with Crippen LogP contribution >= 0.6 is 15.9 Å². The molecule has 0 aliphatic carbocycles. The van der Waals surface area contributed by atoms with Crippen molar-refractivity contribution in [2.24, 2.45) is 0 Å². The van der Waals surface area contributed by atoms with Crippen LogP contribution in [0.2, 0.25) is 0 Å². The van der Waals surface area contributed by atoms with E-state index in [1.54, 1.807) is 0 Å². The zero-order valence-corrected chi connectivity index (χ0v) is 11.5. The highest BCUT2D eigenvalue weighted by Gasteiger charge is 2.19. The Labute approximate surface area is 110 Å². The minimum Gasteiger partial charge on any atom is -0.465 e. The maximum Gasteiger partial charge on any atom is 0.340 e. The Morgan fingerprint density at radius 1 is 1.29 bits per heavy atom. The summed E-state index contributed by atoms with van der Waals surface area (Å²) in [5.74, 6) is -0.271. The maximum absolute atomic E-state index is 11.8. The molecule has 3 nitrogen and oxygen atoms in total. The molecule has 1 aliphatic heterocycles. The van der Waals surface area contributed by atoms with Gasteiger partial charge >= 0.3 is 5.97 Å². The SMILES string of the molecule is COC(=O)c1cc(Br)ccc1N1CCCCC1. The zero-order chi connectivity index (χ0) is 12.3. The first-order chi connectivity index (χ1) is 8.22. The van der Waals surface area contributed by atoms with Gasteiger partial charge in [-0.05, 0) is 37.5 Å². The predicted molar refractivity (Wildman–Crippen MR) is 71.5 cm³/mol. The number of ether oxygens (including phenoxy) is 1. The van der Waals surface area contributed by atoms with Gasteiger partial charge < -0.3 is 9.64 Å². The molecule has 0 bridgehead atoms. The van der Waals surface area contributed by atoms with Crippen molar-refractivity contribution >= 4 is 27.6 Å². The van der Waals surface area contributed by atoms with Gasteiger partial charge in [-0.1, -0.05) is 15.9 Å². The lowest BCUT2D eigenvalue weighted by Crippen LogP contribution is -2.30. The minimum atomic E-state index is -0.271. The van der Waals surface area contributed by atoms with Crippen molar-refractivity contribution in [1.29, 1.82) is 0 Å². The van der Waals surface area contributed by atoms with Gasteiger partial charge in [-0.2, -0.15) is 0 Å². The van der Waals surface area contributed by atoms with Crippen molar-refractivity contribution in [3.63, 3.8) is 0 Å². The lowest BCUT2D eigenvalue weighted by molar-refractivity contribution is 0.0601. The van der Waals surface area contributed by atoms with E-state index in [4.69, 9.17) is 4.74 Å². The van der Waals surface area contributed by atoms with Crippen molar-refractivity contribution in [1.82, 2.24) is 0 Å². The molecule has 92 valence electrons. The summed E-state index contributed by atoms with van der Waals surface area (Å²) in [6, 6.07) is 5.79. The largest absolute Gasteiger partial charge is 0.465 e. The number of hydrogen-bond acceptors (Lipinski definition) is 3. The fraction of sp³-hybridized carbons (Fsp3) is 0.462. The Hall–Kier alpha value is -1.03. The lowest BCUT2D eigenvalue weighted by atomic mass is 10.1. The third-order valence-electron chi connectivity index (χ3n) is 3.06. The summed E-state index contributed by atoms with van der Waals surface area (Å²) in [7, 11) is 1.42. The average molecular weight is 298 g/mol. The summed E-state index contributed by atoms with van der Waals surface area (Å²) in [5, 5.41) is 0. The van der Waals surface area contributed by atoms with Gasteiger partial charge in [0.25, 0.3) is 0 Å². The molecular weight excluding hydrogens is 282 g/mol. The van der Waals surface area contributed by atoms with Crippen LogP contribution in [-0.4, -0.2) is 26.2 Å². The molecule has 1 saturated heterocycles. The number of piperidine rings is 1. The number of carbonyl (C=O) groups excluding carboxylic acids is 1. The molecule has 0 unspecified atom stereocenters. The smallest absolute Gasteiger partial charge is 0.340 e. The van der Waals surface area contributed by atoms with Crippen LogP contribution in [0.15, 0.2) is 22.7 Å². The van der Waals surface area contributed by atoms with Crippen LogP contribution in [0, 0.1) is 0 Å². The molecule has 0 radical (unpaired) electrons. The molecule has 1 heterocycles. The predicted octanol–water partition coefficient (Wildman–Crippen LogP) is 3.23. The van der Waals surface area contributed by atoms with E-state index < -0.39 is 0 Å². The van der Waals surface area contributed by atoms with Gasteiger partial charge in [-0.25, -0.2) is 4.79 Å². The van der Waals surface area contributed by atoms with E-state index in [9.17, 15) is 4.79 Å². The van der Waals surface area contributed by atoms with Gasteiger partial charge in [0, 0.05) is 17.6 Å². The van der Waals surface area contributed by atoms with Crippen LogP contribution in [0.5, 0.6) is 0 Å². The third kappa shape index (κ3) is 2.80. The first-order valence-electron chi connectivity index (χ1n) is 5.85. The van der Waals surface area contributed by atoms with E-state index in [2.05, 4.69) is 20.8 Å². The molecule has 2 rings (SSSR count). The monoisotopic (exact) mass is 297 g/mol. The van der Waals surface area contributed by atoms with Crippen LogP contribution < -0.4 is 4.90 Å². The molecule has 4 heteroatoms. The molecule has 1 fully saturated rings. The van der Waals surface area contributed by atoms with Crippen LogP contribution in [0.3, 0.4) is 0 Å². The normalized spacial score (nSPS) is 15.8. The standard InChI is InChI=1S/C13H16BrNO2/c1-17-13(16)11-9-10(14)5-6-12(11)15-7-3-2-4-8-15/h5-6,9H,2-4,7-8H2,1H3. The third-order valence-corrected chi connectivity index (χ3v) is 3.55. The summed E-state index contributed by atoms with van der Waals surface area (Å²) >= 11 is 3.39. The van der Waals surface area contributed by atoms with E-state index in [-0.39, 0.29) is 5.97 Å². The number of carbonyl (C=O) groups is 1. The summed E-state index contributed by atoms with van der Waals surface area (Å²) in [6.45, 7) is 2.04. The van der Waals surface area contributed by atoms with E-state index in [0.717, 1.165) is 23.2 Å². The number of benzene rings is 1. The van der Waals surface area contributed by atoms with Crippen molar-refractivity contribution in [2.75, 3.05) is 25.1 Å². The second kappa shape index (κ2) is 5.54. The summed E-state index contributed by atoms with van der Waals surface area (Å²) < 4.78 is 5.74. The Morgan fingerprint density at radius 3 is 2.65 bits per heavy atom. The molecular formula is C13H16BrNO2. The first kappa shape index (κ1) is 12.4. The number of anilines is 1. The van der Waals surface area contributed by atoms with Crippen molar-refractivity contribution in [3.05, 3.63) is 28.2 Å². The molecule has 0 amide bonds. The number of rotatable bonds is 2. The Bertz CT molecular complexity index is 414. The van der Waals surface area contributed by atoms with Gasteiger partial charge in [-0.3, -0.25) is 0 Å². The molecule has 0 saturated carbocycles. The minimum absolute atomic E-state index is 0.271. The summed E-state index contributed by atoms with van der Waals surface area (Å²) in [4.78, 5) is 14.0. The number of halogens is 1. The molecule has 0 spiro atoms. The molecule has 0 aromatic heterocycles. The molecule has 0 N–H and O–H groups in total. The van der Waals surface area contributed by atoms with Crippen LogP contribution in [-0.2, 0) is 4.74 Å². The quantitative estimate of drug-likeness (QED) is 0.785. The highest BCUT2D eigenvalue weighted by Crippen LogP contribution is 2.27. The lowest BCUT2D eigenvalue weighted by Gasteiger charge is -2.30. The van der Waals surface area contributed by atoms with Gasteiger partial charge in [0.05, 0.1) is 18.4 Å². The van der Waals surface area contributed by atoms with Crippen LogP contribution in [0.4, 0.5) is 5.69 Å². The highest BCUT2D eigenvalue weighted by molar-refractivity contribution is 9.10. The first-order valence-corrected chi connectivity index (χ1v) is 6.64. The number of hydrogen-bond donors (Lipinski definition) is 0. The van der Waals surface area contributed by atoms with Gasteiger partial charge in [0.2, 0.25) is 0 Å². The fourth-order valence-electron chi connectivity index (χ4n) is 2.19. The van der Waals surface area contributed by atoms with Crippen LogP contribution in [0.25, 0.3) is 0 Å². The molecule has 17 heavy (non-hydrogen) atoms. The van der Waals surface area contributed by atoms with Gasteiger partial charge in [-0.15, -0.1) is 0 Å². The number of esters is 1. The topological polar surface area (TPSA) is 29.5 Å². The fourth-order valence-corrected chi connectivity index (χ4v) is 2.55. The Morgan fingerprint density at radius 2 is 2.00 bits per heavy atom. The molecule has 0 atom stereocenters. The number of methoxy groups -OCH3 is 1. The summed E-state index contributed by atoms with van der Waals surface area (Å²) in [6.07, 6.45) is 3.66. The Balaban J connectivity index is 2.34. The molecule has 1 aromatic carbocycles. The van der Waals surface area contributed by atoms with E-state index in [0.29, 0.717) is 5.56 Å². The van der Waals surface area contributed by atoms with E-state index in [1.807, 2.05) is 18.2 Å². The zero-order valence-electron chi connectivity index (χ0n) is 9.91. The van der Waals surface area contributed by atoms with Crippen molar-refractivity contribution < 1.29 is 9.53 Å².